The Balaban J connectivity index is 1.54. The van der Waals surface area contributed by atoms with Gasteiger partial charge in [-0.3, -0.25) is 0 Å². The molecule has 0 unspecified atom stereocenters. The van der Waals surface area contributed by atoms with Gasteiger partial charge in [-0.05, 0) is 55.9 Å². The molecule has 0 radical (unpaired) electrons. The summed E-state index contributed by atoms with van der Waals surface area (Å²) < 4.78 is 42.6. The van der Waals surface area contributed by atoms with Crippen molar-refractivity contribution in [2.24, 2.45) is 0 Å². The minimum Gasteiger partial charge on any atom is -0.462 e. The van der Waals surface area contributed by atoms with Crippen molar-refractivity contribution in [1.29, 1.82) is 0 Å². The number of rotatable bonds is 14. The van der Waals surface area contributed by atoms with Gasteiger partial charge in [-0.1, -0.05) is 184 Å². The van der Waals surface area contributed by atoms with Gasteiger partial charge in [0.05, 0.1) is 25.4 Å². The molecule has 2 bridgehead atoms. The number of benzene rings is 4. The predicted octanol–water partition coefficient (Wildman–Crippen LogP) is 8.35. The van der Waals surface area contributed by atoms with Crippen molar-refractivity contribution in [1.82, 2.24) is 0 Å². The first kappa shape index (κ1) is 44.4. The second-order valence-corrected chi connectivity index (χ2v) is 32.9. The molecule has 2 aliphatic rings. The molecule has 0 N–H and O–H groups in total. The van der Waals surface area contributed by atoms with Crippen molar-refractivity contribution in [3.63, 3.8) is 0 Å². The highest BCUT2D eigenvalue weighted by atomic mass is 28.4. The number of fused-ring (bicyclic) bond motifs is 2. The Morgan fingerprint density at radius 1 is 0.655 bits per heavy atom. The molecule has 7 nitrogen and oxygen atoms in total. The molecule has 0 saturated carbocycles. The van der Waals surface area contributed by atoms with Crippen LogP contribution < -0.4 is 20.7 Å². The summed E-state index contributed by atoms with van der Waals surface area (Å²) in [7, 11) is -8.59. The number of ether oxygens (including phenoxy) is 3. The molecule has 2 saturated heterocycles. The zero-order chi connectivity index (χ0) is 42.2. The SMILES string of the molecule is CCOC(=O)[C@@]12C[C@H](O[Si](c3ccccc3)(c3ccccc3)C(C)(C)C)[C@@H](O1)[C@@H]([C@@H](CO[Si](C)(C)C(C)(C)C)O[Si](c1ccccc1)(c1ccccc1)C(C)(C)C)O2. The second kappa shape index (κ2) is 16.7. The summed E-state index contributed by atoms with van der Waals surface area (Å²) >= 11 is 0. The largest absolute Gasteiger partial charge is 0.462 e. The van der Waals surface area contributed by atoms with Crippen LogP contribution in [-0.4, -0.2) is 74.3 Å². The molecule has 0 aromatic heterocycles. The molecule has 4 aromatic rings. The summed E-state index contributed by atoms with van der Waals surface area (Å²) in [6.07, 6.45) is -2.32. The Labute approximate surface area is 351 Å². The molecular weight excluding hydrogens is 773 g/mol. The third kappa shape index (κ3) is 8.16. The third-order valence-electron chi connectivity index (χ3n) is 12.7. The third-order valence-corrected chi connectivity index (χ3v) is 27.3. The Morgan fingerprint density at radius 2 is 1.07 bits per heavy atom. The quantitative estimate of drug-likeness (QED) is 0.0935. The van der Waals surface area contributed by atoms with E-state index in [0.29, 0.717) is 0 Å². The smallest absolute Gasteiger partial charge is 0.366 e. The first-order valence-electron chi connectivity index (χ1n) is 21.0. The van der Waals surface area contributed by atoms with Crippen LogP contribution in [0.4, 0.5) is 0 Å². The number of hydrogen-bond acceptors (Lipinski definition) is 7. The molecule has 0 aliphatic carbocycles. The van der Waals surface area contributed by atoms with Crippen LogP contribution in [0.2, 0.25) is 28.2 Å². The van der Waals surface area contributed by atoms with Gasteiger partial charge in [0.25, 0.3) is 22.4 Å². The van der Waals surface area contributed by atoms with E-state index in [2.05, 4.69) is 185 Å². The van der Waals surface area contributed by atoms with Crippen molar-refractivity contribution in [2.45, 2.75) is 134 Å². The van der Waals surface area contributed by atoms with Gasteiger partial charge < -0.3 is 27.5 Å². The molecule has 58 heavy (non-hydrogen) atoms. The Hall–Kier alpha value is -3.20. The normalized spacial score (nSPS) is 22.2. The van der Waals surface area contributed by atoms with Gasteiger partial charge >= 0.3 is 5.97 Å². The second-order valence-electron chi connectivity index (χ2n) is 19.6. The van der Waals surface area contributed by atoms with Crippen LogP contribution in [0.5, 0.6) is 0 Å². The lowest BCUT2D eigenvalue weighted by Gasteiger charge is -2.49. The average Bonchev–Trinajstić information content (AvgIpc) is 3.75. The summed E-state index contributed by atoms with van der Waals surface area (Å²) in [5, 5.41) is 3.92. The molecule has 2 aliphatic heterocycles. The summed E-state index contributed by atoms with van der Waals surface area (Å²) in [5.41, 5.74) is 0. The van der Waals surface area contributed by atoms with Crippen LogP contribution in [0.25, 0.3) is 0 Å². The summed E-state index contributed by atoms with van der Waals surface area (Å²) in [5.74, 6) is -2.20. The molecule has 4 aromatic carbocycles. The van der Waals surface area contributed by atoms with Crippen molar-refractivity contribution in [3.05, 3.63) is 121 Å². The maximum absolute atomic E-state index is 14.2. The Bertz CT molecular complexity index is 1880. The molecule has 2 fully saturated rings. The van der Waals surface area contributed by atoms with Gasteiger partial charge in [0.15, 0.2) is 8.32 Å². The minimum absolute atomic E-state index is 0.0535. The van der Waals surface area contributed by atoms with Crippen molar-refractivity contribution in [2.75, 3.05) is 13.2 Å². The Morgan fingerprint density at radius 3 is 1.45 bits per heavy atom. The molecule has 0 spiro atoms. The fourth-order valence-electron chi connectivity index (χ4n) is 8.72. The predicted molar refractivity (Wildman–Crippen MR) is 242 cm³/mol. The maximum atomic E-state index is 14.2. The van der Waals surface area contributed by atoms with E-state index < -0.39 is 61.1 Å². The lowest BCUT2D eigenvalue weighted by molar-refractivity contribution is -0.213. The molecule has 10 heteroatoms. The summed E-state index contributed by atoms with van der Waals surface area (Å²) in [4.78, 5) is 14.2. The highest BCUT2D eigenvalue weighted by Crippen LogP contribution is 2.50. The summed E-state index contributed by atoms with van der Waals surface area (Å²) in [6, 6.07) is 42.5. The monoisotopic (exact) mass is 838 g/mol. The van der Waals surface area contributed by atoms with Crippen molar-refractivity contribution < 1.29 is 32.3 Å². The van der Waals surface area contributed by atoms with Gasteiger partial charge in [0.1, 0.15) is 12.2 Å². The zero-order valence-electron chi connectivity index (χ0n) is 36.8. The van der Waals surface area contributed by atoms with Crippen LogP contribution in [0.1, 0.15) is 75.7 Å². The van der Waals surface area contributed by atoms with Gasteiger partial charge in [0, 0.05) is 6.42 Å². The van der Waals surface area contributed by atoms with E-state index in [1.54, 1.807) is 0 Å². The number of hydrogen-bond donors (Lipinski definition) is 0. The fraction of sp³-hybridized carbons (Fsp3) is 0.479. The number of esters is 1. The topological polar surface area (TPSA) is 72.5 Å². The van der Waals surface area contributed by atoms with E-state index in [9.17, 15) is 4.79 Å². The van der Waals surface area contributed by atoms with Crippen molar-refractivity contribution >= 4 is 51.7 Å². The minimum atomic E-state index is -3.17. The lowest BCUT2D eigenvalue weighted by atomic mass is 9.97. The van der Waals surface area contributed by atoms with Crippen LogP contribution in [0, 0.1) is 0 Å². The molecule has 5 atom stereocenters. The standard InChI is InChI=1S/C48H66O7Si3/c1-13-50-44(49)48-34-40(54-57(46(5,6)7,36-26-18-14-19-27-36)37-28-20-15-21-29-37)42(52-48)43(53-48)41(35-51-56(11,12)45(2,3)4)55-58(47(8,9)10,38-30-22-16-23-31-38)39-32-24-17-25-33-39/h14-33,40-43H,13,34-35H2,1-12H3/t40-,41+,42+,43+,48-/m0/s1. The van der Waals surface area contributed by atoms with Gasteiger partial charge in [0.2, 0.25) is 0 Å². The van der Waals surface area contributed by atoms with Gasteiger partial charge in [-0.2, -0.15) is 0 Å². The van der Waals surface area contributed by atoms with Crippen LogP contribution in [0.15, 0.2) is 121 Å². The van der Waals surface area contributed by atoms with Crippen LogP contribution in [0.3, 0.4) is 0 Å². The number of carbonyl (C=O) groups is 1. The molecule has 2 heterocycles. The van der Waals surface area contributed by atoms with E-state index in [0.717, 1.165) is 20.7 Å². The van der Waals surface area contributed by atoms with Gasteiger partial charge in [-0.25, -0.2) is 4.79 Å². The first-order chi connectivity index (χ1) is 27.2. The molecular formula is C48H66O7Si3. The molecule has 0 amide bonds. The molecule has 312 valence electrons. The molecule has 6 rings (SSSR count). The van der Waals surface area contributed by atoms with E-state index in [-0.39, 0.29) is 34.7 Å². The number of carbonyl (C=O) groups excluding carboxylic acids is 1. The van der Waals surface area contributed by atoms with E-state index in [1.165, 1.54) is 0 Å². The maximum Gasteiger partial charge on any atom is 0.366 e. The van der Waals surface area contributed by atoms with Crippen LogP contribution >= 0.6 is 0 Å². The van der Waals surface area contributed by atoms with E-state index >= 15 is 0 Å². The lowest BCUT2D eigenvalue weighted by Crippen LogP contribution is -2.71. The zero-order valence-corrected chi connectivity index (χ0v) is 39.8. The first-order valence-corrected chi connectivity index (χ1v) is 27.7. The fourth-order valence-corrected chi connectivity index (χ4v) is 19.1. The van der Waals surface area contributed by atoms with E-state index in [4.69, 9.17) is 27.5 Å². The van der Waals surface area contributed by atoms with Crippen molar-refractivity contribution in [3.8, 4) is 0 Å². The average molecular weight is 839 g/mol. The van der Waals surface area contributed by atoms with Crippen LogP contribution in [-0.2, 0) is 32.3 Å². The Kier molecular flexibility index (Phi) is 12.8. The summed E-state index contributed by atoms with van der Waals surface area (Å²) in [6.45, 7) is 27.2. The van der Waals surface area contributed by atoms with E-state index in [1.807, 2.05) is 19.1 Å². The highest BCUT2D eigenvalue weighted by molar-refractivity contribution is 7.00. The highest BCUT2D eigenvalue weighted by Gasteiger charge is 2.68. The van der Waals surface area contributed by atoms with Gasteiger partial charge in [-0.15, -0.1) is 0 Å².